The van der Waals surface area contributed by atoms with E-state index in [9.17, 15) is 4.79 Å². The molecule has 2 N–H and O–H groups in total. The summed E-state index contributed by atoms with van der Waals surface area (Å²) in [7, 11) is 0. The molecule has 70 valence electrons. The summed E-state index contributed by atoms with van der Waals surface area (Å²) in [6, 6.07) is 0. The van der Waals surface area contributed by atoms with Crippen LogP contribution in [0.25, 0.3) is 0 Å². The Bertz CT molecular complexity index is 341. The molecule has 3 heteroatoms. The molecule has 0 amide bonds. The van der Waals surface area contributed by atoms with E-state index in [-0.39, 0.29) is 0 Å². The van der Waals surface area contributed by atoms with E-state index in [4.69, 9.17) is 5.11 Å². The highest BCUT2D eigenvalue weighted by Gasteiger charge is 2.22. The second kappa shape index (κ2) is 2.91. The van der Waals surface area contributed by atoms with Gasteiger partial charge in [-0.3, -0.25) is 0 Å². The first-order valence-electron chi connectivity index (χ1n) is 4.61. The van der Waals surface area contributed by atoms with Gasteiger partial charge in [-0.2, -0.15) is 0 Å². The van der Waals surface area contributed by atoms with Gasteiger partial charge in [0.2, 0.25) is 0 Å². The van der Waals surface area contributed by atoms with Gasteiger partial charge in [-0.25, -0.2) is 4.79 Å². The van der Waals surface area contributed by atoms with E-state index >= 15 is 0 Å². The van der Waals surface area contributed by atoms with Gasteiger partial charge in [0.05, 0.1) is 5.56 Å². The van der Waals surface area contributed by atoms with E-state index in [1.165, 1.54) is 0 Å². The summed E-state index contributed by atoms with van der Waals surface area (Å²) < 4.78 is 0. The van der Waals surface area contributed by atoms with E-state index in [0.717, 1.165) is 30.5 Å². The standard InChI is InChI=1S/C10H13NO2/c1-6-2-3-9-7(4-6)8(5-11-9)10(12)13/h5-6,11H,2-4H2,1H3,(H,12,13). The van der Waals surface area contributed by atoms with Crippen LogP contribution in [-0.2, 0) is 12.8 Å². The molecule has 0 saturated carbocycles. The monoisotopic (exact) mass is 179 g/mol. The third-order valence-corrected chi connectivity index (χ3v) is 2.75. The average Bonchev–Trinajstić information content (AvgIpc) is 2.46. The van der Waals surface area contributed by atoms with Crippen molar-refractivity contribution in [2.24, 2.45) is 5.92 Å². The van der Waals surface area contributed by atoms with Gasteiger partial charge in [0.1, 0.15) is 0 Å². The molecule has 0 fully saturated rings. The topological polar surface area (TPSA) is 53.1 Å². The first kappa shape index (κ1) is 8.35. The first-order chi connectivity index (χ1) is 6.18. The van der Waals surface area contributed by atoms with E-state index in [0.29, 0.717) is 11.5 Å². The Morgan fingerprint density at radius 3 is 3.15 bits per heavy atom. The summed E-state index contributed by atoms with van der Waals surface area (Å²) >= 11 is 0. The Morgan fingerprint density at radius 1 is 1.69 bits per heavy atom. The van der Waals surface area contributed by atoms with Gasteiger partial charge in [-0.05, 0) is 30.7 Å². The van der Waals surface area contributed by atoms with E-state index < -0.39 is 5.97 Å². The van der Waals surface area contributed by atoms with Crippen molar-refractivity contribution >= 4 is 5.97 Å². The van der Waals surface area contributed by atoms with Crippen LogP contribution in [0.3, 0.4) is 0 Å². The number of carbonyl (C=O) groups is 1. The number of aryl methyl sites for hydroxylation is 1. The molecule has 1 heterocycles. The summed E-state index contributed by atoms with van der Waals surface area (Å²) in [5, 5.41) is 8.90. The highest BCUT2D eigenvalue weighted by atomic mass is 16.4. The Labute approximate surface area is 76.8 Å². The van der Waals surface area contributed by atoms with Gasteiger partial charge in [0.15, 0.2) is 0 Å². The fraction of sp³-hybridized carbons (Fsp3) is 0.500. The third-order valence-electron chi connectivity index (χ3n) is 2.75. The Hall–Kier alpha value is -1.25. The van der Waals surface area contributed by atoms with Crippen molar-refractivity contribution in [1.82, 2.24) is 4.98 Å². The molecule has 0 radical (unpaired) electrons. The van der Waals surface area contributed by atoms with Crippen molar-refractivity contribution in [3.05, 3.63) is 23.0 Å². The molecule has 1 aliphatic rings. The molecule has 0 bridgehead atoms. The number of fused-ring (bicyclic) bond motifs is 1. The van der Waals surface area contributed by atoms with E-state index in [1.807, 2.05) is 0 Å². The summed E-state index contributed by atoms with van der Waals surface area (Å²) in [6.07, 6.45) is 4.67. The van der Waals surface area contributed by atoms with Crippen LogP contribution in [0.2, 0.25) is 0 Å². The van der Waals surface area contributed by atoms with Gasteiger partial charge in [0.25, 0.3) is 0 Å². The molecular weight excluding hydrogens is 166 g/mol. The maximum Gasteiger partial charge on any atom is 0.337 e. The molecular formula is C10H13NO2. The smallest absolute Gasteiger partial charge is 0.337 e. The number of carboxylic acid groups (broad SMARTS) is 1. The van der Waals surface area contributed by atoms with Crippen molar-refractivity contribution in [2.75, 3.05) is 0 Å². The minimum Gasteiger partial charge on any atom is -0.478 e. The lowest BCUT2D eigenvalue weighted by Gasteiger charge is -2.18. The Balaban J connectivity index is 2.41. The van der Waals surface area contributed by atoms with Crippen molar-refractivity contribution in [1.29, 1.82) is 0 Å². The summed E-state index contributed by atoms with van der Waals surface area (Å²) in [5.41, 5.74) is 2.60. The van der Waals surface area contributed by atoms with Crippen LogP contribution in [-0.4, -0.2) is 16.1 Å². The summed E-state index contributed by atoms with van der Waals surface area (Å²) in [4.78, 5) is 13.9. The Kier molecular flexibility index (Phi) is 1.87. The van der Waals surface area contributed by atoms with E-state index in [1.54, 1.807) is 6.20 Å². The van der Waals surface area contributed by atoms with Crippen molar-refractivity contribution < 1.29 is 9.90 Å². The summed E-state index contributed by atoms with van der Waals surface area (Å²) in [6.45, 7) is 2.17. The van der Waals surface area contributed by atoms with Crippen LogP contribution in [0.5, 0.6) is 0 Å². The molecule has 1 aromatic heterocycles. The molecule has 1 atom stereocenters. The number of rotatable bonds is 1. The summed E-state index contributed by atoms with van der Waals surface area (Å²) in [5.74, 6) is -0.201. The maximum absolute atomic E-state index is 10.8. The predicted octanol–water partition coefficient (Wildman–Crippen LogP) is 1.84. The van der Waals surface area contributed by atoms with Crippen LogP contribution in [0.4, 0.5) is 0 Å². The molecule has 13 heavy (non-hydrogen) atoms. The number of nitrogens with one attached hydrogen (secondary N) is 1. The van der Waals surface area contributed by atoms with Crippen LogP contribution < -0.4 is 0 Å². The molecule has 1 aromatic rings. The van der Waals surface area contributed by atoms with Crippen molar-refractivity contribution in [2.45, 2.75) is 26.2 Å². The normalized spacial score (nSPS) is 21.2. The van der Waals surface area contributed by atoms with Crippen LogP contribution in [0.1, 0.15) is 35.0 Å². The number of aromatic carboxylic acids is 1. The lowest BCUT2D eigenvalue weighted by molar-refractivity contribution is 0.0695. The predicted molar refractivity (Wildman–Crippen MR) is 48.9 cm³/mol. The quantitative estimate of drug-likeness (QED) is 0.691. The number of aromatic amines is 1. The SMILES string of the molecule is CC1CCc2[nH]cc(C(=O)O)c2C1. The fourth-order valence-corrected chi connectivity index (χ4v) is 1.98. The minimum atomic E-state index is -0.813. The van der Waals surface area contributed by atoms with E-state index in [2.05, 4.69) is 11.9 Å². The van der Waals surface area contributed by atoms with Gasteiger partial charge < -0.3 is 10.1 Å². The van der Waals surface area contributed by atoms with Crippen molar-refractivity contribution in [3.8, 4) is 0 Å². The second-order valence-corrected chi connectivity index (χ2v) is 3.81. The van der Waals surface area contributed by atoms with Crippen molar-refractivity contribution in [3.63, 3.8) is 0 Å². The number of carboxylic acids is 1. The largest absolute Gasteiger partial charge is 0.478 e. The van der Waals surface area contributed by atoms with Gasteiger partial charge >= 0.3 is 5.97 Å². The molecule has 0 spiro atoms. The molecule has 3 nitrogen and oxygen atoms in total. The highest BCUT2D eigenvalue weighted by molar-refractivity contribution is 5.89. The fourth-order valence-electron chi connectivity index (χ4n) is 1.98. The average molecular weight is 179 g/mol. The zero-order chi connectivity index (χ0) is 9.42. The van der Waals surface area contributed by atoms with Gasteiger partial charge in [-0.1, -0.05) is 6.92 Å². The zero-order valence-corrected chi connectivity index (χ0v) is 7.63. The first-order valence-corrected chi connectivity index (χ1v) is 4.61. The number of hydrogen-bond donors (Lipinski definition) is 2. The number of aromatic nitrogens is 1. The molecule has 2 rings (SSSR count). The Morgan fingerprint density at radius 2 is 2.46 bits per heavy atom. The van der Waals surface area contributed by atoms with Gasteiger partial charge in [0, 0.05) is 11.9 Å². The number of hydrogen-bond acceptors (Lipinski definition) is 1. The zero-order valence-electron chi connectivity index (χ0n) is 7.63. The molecule has 0 aliphatic heterocycles. The second-order valence-electron chi connectivity index (χ2n) is 3.81. The van der Waals surface area contributed by atoms with Crippen LogP contribution >= 0.6 is 0 Å². The lowest BCUT2D eigenvalue weighted by Crippen LogP contribution is -2.12. The maximum atomic E-state index is 10.8. The minimum absolute atomic E-state index is 0.460. The molecule has 0 saturated heterocycles. The third kappa shape index (κ3) is 1.34. The highest BCUT2D eigenvalue weighted by Crippen LogP contribution is 2.27. The molecule has 1 unspecified atom stereocenters. The molecule has 0 aromatic carbocycles. The molecule has 1 aliphatic carbocycles. The lowest BCUT2D eigenvalue weighted by atomic mass is 9.87. The van der Waals surface area contributed by atoms with Gasteiger partial charge in [-0.15, -0.1) is 0 Å². The van der Waals surface area contributed by atoms with Crippen LogP contribution in [0, 0.1) is 5.92 Å². The number of H-pyrrole nitrogens is 1. The van der Waals surface area contributed by atoms with Crippen LogP contribution in [0.15, 0.2) is 6.20 Å².